The summed E-state index contributed by atoms with van der Waals surface area (Å²) in [6, 6.07) is 4.99. The van der Waals surface area contributed by atoms with Gasteiger partial charge in [-0.05, 0) is 24.0 Å². The number of carbonyl (C=O) groups excluding carboxylic acids is 2. The Hall–Kier alpha value is -1.92. The lowest BCUT2D eigenvalue weighted by atomic mass is 9.84. The smallest absolute Gasteiger partial charge is 0.256 e. The number of nitrogens with one attached hydrogen (secondary N) is 1. The molecule has 0 radical (unpaired) electrons. The van der Waals surface area contributed by atoms with Crippen molar-refractivity contribution in [2.24, 2.45) is 5.92 Å². The van der Waals surface area contributed by atoms with Crippen molar-refractivity contribution in [2.45, 2.75) is 51.1 Å². The molecule has 1 aliphatic heterocycles. The van der Waals surface area contributed by atoms with Crippen LogP contribution in [0.2, 0.25) is 5.02 Å². The third-order valence-corrected chi connectivity index (χ3v) is 6.54. The van der Waals surface area contributed by atoms with Crippen molar-refractivity contribution in [1.29, 1.82) is 0 Å². The van der Waals surface area contributed by atoms with Crippen LogP contribution in [0.25, 0.3) is 0 Å². The first-order valence-corrected chi connectivity index (χ1v) is 10.7. The van der Waals surface area contributed by atoms with E-state index in [1.165, 1.54) is 30.6 Å². The molecule has 1 fully saturated rings. The predicted octanol–water partition coefficient (Wildman–Crippen LogP) is 4.73. The second kappa shape index (κ2) is 7.98. The molecule has 0 bridgehead atoms. The molecule has 7 heteroatoms. The van der Waals surface area contributed by atoms with Crippen LogP contribution in [0.15, 0.2) is 29.8 Å². The molecule has 4 rings (SSSR count). The van der Waals surface area contributed by atoms with Gasteiger partial charge < -0.3 is 10.2 Å². The molecule has 1 saturated carbocycles. The molecule has 142 valence electrons. The van der Waals surface area contributed by atoms with Gasteiger partial charge in [0.25, 0.3) is 5.91 Å². The van der Waals surface area contributed by atoms with Gasteiger partial charge in [-0.3, -0.25) is 9.59 Å². The van der Waals surface area contributed by atoms with Gasteiger partial charge in [0, 0.05) is 18.1 Å². The van der Waals surface area contributed by atoms with Crippen LogP contribution in [0.4, 0.5) is 5.13 Å². The van der Waals surface area contributed by atoms with Gasteiger partial charge in [-0.15, -0.1) is 11.3 Å². The SMILES string of the molecule is O=C(Nc1nccs1)[C@H](CC1CCCCC1)N1Cc2cccc(Cl)c2C1=O. The van der Waals surface area contributed by atoms with E-state index in [1.807, 2.05) is 17.5 Å². The van der Waals surface area contributed by atoms with Crippen molar-refractivity contribution in [1.82, 2.24) is 9.88 Å². The molecular formula is C20H22ClN3O2S. The average Bonchev–Trinajstić information content (AvgIpc) is 3.29. The third-order valence-electron chi connectivity index (χ3n) is 5.54. The Balaban J connectivity index is 1.58. The van der Waals surface area contributed by atoms with E-state index in [0.717, 1.165) is 18.4 Å². The zero-order valence-corrected chi connectivity index (χ0v) is 16.6. The van der Waals surface area contributed by atoms with E-state index >= 15 is 0 Å². The molecule has 1 aromatic heterocycles. The van der Waals surface area contributed by atoms with Gasteiger partial charge in [-0.25, -0.2) is 4.98 Å². The van der Waals surface area contributed by atoms with E-state index in [1.54, 1.807) is 17.2 Å². The second-order valence-electron chi connectivity index (χ2n) is 7.29. The Labute approximate surface area is 167 Å². The number of anilines is 1. The summed E-state index contributed by atoms with van der Waals surface area (Å²) in [4.78, 5) is 32.0. The maximum absolute atomic E-state index is 13.1. The van der Waals surface area contributed by atoms with Crippen LogP contribution >= 0.6 is 22.9 Å². The fraction of sp³-hybridized carbons (Fsp3) is 0.450. The molecule has 2 aromatic rings. The fourth-order valence-electron chi connectivity index (χ4n) is 4.18. The van der Waals surface area contributed by atoms with Crippen molar-refractivity contribution in [2.75, 3.05) is 5.32 Å². The molecule has 2 aliphatic rings. The number of benzene rings is 1. The number of fused-ring (bicyclic) bond motifs is 1. The second-order valence-corrected chi connectivity index (χ2v) is 8.59. The van der Waals surface area contributed by atoms with Crippen LogP contribution in [0.1, 0.15) is 54.4 Å². The molecule has 1 atom stereocenters. The fourth-order valence-corrected chi connectivity index (χ4v) is 4.99. The number of aromatic nitrogens is 1. The van der Waals surface area contributed by atoms with Gasteiger partial charge in [-0.1, -0.05) is 55.8 Å². The van der Waals surface area contributed by atoms with Gasteiger partial charge >= 0.3 is 0 Å². The molecule has 0 saturated heterocycles. The van der Waals surface area contributed by atoms with E-state index < -0.39 is 6.04 Å². The van der Waals surface area contributed by atoms with Crippen molar-refractivity contribution in [3.05, 3.63) is 45.9 Å². The number of amides is 2. The first-order valence-electron chi connectivity index (χ1n) is 9.42. The maximum Gasteiger partial charge on any atom is 0.256 e. The van der Waals surface area contributed by atoms with Gasteiger partial charge in [0.2, 0.25) is 5.91 Å². The number of halogens is 1. The largest absolute Gasteiger partial charge is 0.322 e. The highest BCUT2D eigenvalue weighted by Crippen LogP contribution is 2.34. The molecule has 1 aliphatic carbocycles. The van der Waals surface area contributed by atoms with Gasteiger partial charge in [0.1, 0.15) is 6.04 Å². The third kappa shape index (κ3) is 3.87. The Morgan fingerprint density at radius 2 is 2.15 bits per heavy atom. The van der Waals surface area contributed by atoms with Gasteiger partial charge in [0.05, 0.1) is 10.6 Å². The van der Waals surface area contributed by atoms with Crippen LogP contribution in [-0.2, 0) is 11.3 Å². The molecule has 2 heterocycles. The van der Waals surface area contributed by atoms with E-state index in [-0.39, 0.29) is 11.8 Å². The Morgan fingerprint density at radius 1 is 1.33 bits per heavy atom. The van der Waals surface area contributed by atoms with Crippen molar-refractivity contribution in [3.8, 4) is 0 Å². The number of carbonyl (C=O) groups is 2. The molecule has 0 unspecified atom stereocenters. The monoisotopic (exact) mass is 403 g/mol. The van der Waals surface area contributed by atoms with Crippen LogP contribution in [0, 0.1) is 5.92 Å². The van der Waals surface area contributed by atoms with Gasteiger partial charge in [-0.2, -0.15) is 0 Å². The van der Waals surface area contributed by atoms with Crippen molar-refractivity contribution in [3.63, 3.8) is 0 Å². The lowest BCUT2D eigenvalue weighted by Crippen LogP contribution is -2.45. The average molecular weight is 404 g/mol. The summed E-state index contributed by atoms with van der Waals surface area (Å²) in [5, 5.41) is 5.73. The quantitative estimate of drug-likeness (QED) is 0.784. The summed E-state index contributed by atoms with van der Waals surface area (Å²) in [6.07, 6.45) is 8.25. The van der Waals surface area contributed by atoms with Crippen LogP contribution < -0.4 is 5.32 Å². The highest BCUT2D eigenvalue weighted by molar-refractivity contribution is 7.13. The summed E-state index contributed by atoms with van der Waals surface area (Å²) in [5.41, 5.74) is 1.43. The summed E-state index contributed by atoms with van der Waals surface area (Å²) in [7, 11) is 0. The lowest BCUT2D eigenvalue weighted by molar-refractivity contribution is -0.121. The summed E-state index contributed by atoms with van der Waals surface area (Å²) >= 11 is 7.64. The molecule has 1 aromatic carbocycles. The number of nitrogens with zero attached hydrogens (tertiary/aromatic N) is 2. The standard InChI is InChI=1S/C20H22ClN3O2S/c21-15-8-4-7-14-12-24(19(26)17(14)15)16(11-13-5-2-1-3-6-13)18(25)23-20-22-9-10-27-20/h4,7-10,13,16H,1-3,5-6,11-12H2,(H,22,23,25)/t16-/m0/s1. The van der Waals surface area contributed by atoms with E-state index in [4.69, 9.17) is 11.6 Å². The number of rotatable bonds is 5. The molecule has 27 heavy (non-hydrogen) atoms. The molecule has 5 nitrogen and oxygen atoms in total. The summed E-state index contributed by atoms with van der Waals surface area (Å²) in [6.45, 7) is 0.428. The predicted molar refractivity (Wildman–Crippen MR) is 107 cm³/mol. The minimum atomic E-state index is -0.507. The van der Waals surface area contributed by atoms with Crippen molar-refractivity contribution >= 4 is 39.9 Å². The Bertz CT molecular complexity index is 834. The van der Waals surface area contributed by atoms with Crippen LogP contribution in [0.3, 0.4) is 0 Å². The lowest BCUT2D eigenvalue weighted by Gasteiger charge is -2.31. The number of hydrogen-bond acceptors (Lipinski definition) is 4. The molecular weight excluding hydrogens is 382 g/mol. The normalized spacial score (nSPS) is 18.4. The first-order chi connectivity index (χ1) is 13.1. The number of thiazole rings is 1. The molecule has 0 spiro atoms. The van der Waals surface area contributed by atoms with Crippen LogP contribution in [0.5, 0.6) is 0 Å². The topological polar surface area (TPSA) is 62.3 Å². The van der Waals surface area contributed by atoms with E-state index in [0.29, 0.717) is 34.6 Å². The Kier molecular flexibility index (Phi) is 5.45. The van der Waals surface area contributed by atoms with Crippen molar-refractivity contribution < 1.29 is 9.59 Å². The zero-order chi connectivity index (χ0) is 18.8. The zero-order valence-electron chi connectivity index (χ0n) is 15.0. The maximum atomic E-state index is 13.1. The number of hydrogen-bond donors (Lipinski definition) is 1. The van der Waals surface area contributed by atoms with Gasteiger partial charge in [0.15, 0.2) is 5.13 Å². The summed E-state index contributed by atoms with van der Waals surface area (Å²) in [5.74, 6) is 0.163. The summed E-state index contributed by atoms with van der Waals surface area (Å²) < 4.78 is 0. The Morgan fingerprint density at radius 3 is 2.85 bits per heavy atom. The minimum absolute atomic E-state index is 0.148. The molecule has 1 N–H and O–H groups in total. The van der Waals surface area contributed by atoms with E-state index in [9.17, 15) is 9.59 Å². The first kappa shape index (κ1) is 18.4. The highest BCUT2D eigenvalue weighted by Gasteiger charge is 2.39. The minimum Gasteiger partial charge on any atom is -0.322 e. The van der Waals surface area contributed by atoms with Crippen LogP contribution in [-0.4, -0.2) is 27.7 Å². The molecule has 2 amide bonds. The van der Waals surface area contributed by atoms with E-state index in [2.05, 4.69) is 10.3 Å². The highest BCUT2D eigenvalue weighted by atomic mass is 35.5.